The molecule has 1 atom stereocenters. The predicted molar refractivity (Wildman–Crippen MR) is 39.9 cm³/mol. The van der Waals surface area contributed by atoms with Gasteiger partial charge in [0, 0.05) is 18.2 Å². The number of carbonyl (C=O) groups is 1. The summed E-state index contributed by atoms with van der Waals surface area (Å²) in [6, 6.07) is -0.354. The zero-order chi connectivity index (χ0) is 8.48. The van der Waals surface area contributed by atoms with Gasteiger partial charge >= 0.3 is 5.92 Å². The minimum atomic E-state index is -3.14. The van der Waals surface area contributed by atoms with Crippen molar-refractivity contribution in [3.63, 3.8) is 0 Å². The molecule has 0 aromatic rings. The highest BCUT2D eigenvalue weighted by molar-refractivity contribution is 7.98. The molecule has 0 bridgehead atoms. The van der Waals surface area contributed by atoms with E-state index in [-0.39, 0.29) is 12.5 Å². The molecule has 1 aliphatic rings. The largest absolute Gasteiger partial charge is 0.347 e. The number of thioether (sulfide) groups is 1. The van der Waals surface area contributed by atoms with Gasteiger partial charge in [0.1, 0.15) is 0 Å². The molecule has 64 valence electrons. The van der Waals surface area contributed by atoms with Crippen molar-refractivity contribution in [2.45, 2.75) is 18.4 Å². The summed E-state index contributed by atoms with van der Waals surface area (Å²) in [7, 11) is 0. The summed E-state index contributed by atoms with van der Waals surface area (Å²) in [5.41, 5.74) is 0. The second-order valence-electron chi connectivity index (χ2n) is 2.53. The van der Waals surface area contributed by atoms with Crippen molar-refractivity contribution in [1.29, 1.82) is 0 Å². The van der Waals surface area contributed by atoms with Crippen LogP contribution in [0.4, 0.5) is 8.78 Å². The van der Waals surface area contributed by atoms with Crippen LogP contribution in [-0.2, 0) is 4.79 Å². The van der Waals surface area contributed by atoms with E-state index in [0.717, 1.165) is 0 Å². The third kappa shape index (κ3) is 1.83. The SMILES string of the molecule is CSCC1CC(F)(F)C(=O)N1. The van der Waals surface area contributed by atoms with Crippen molar-refractivity contribution >= 4 is 17.7 Å². The quantitative estimate of drug-likeness (QED) is 0.685. The molecule has 0 aromatic carbocycles. The van der Waals surface area contributed by atoms with Crippen LogP contribution in [0.5, 0.6) is 0 Å². The Kier molecular flexibility index (Phi) is 2.37. The lowest BCUT2D eigenvalue weighted by molar-refractivity contribution is -0.139. The molecule has 1 N–H and O–H groups in total. The summed E-state index contributed by atoms with van der Waals surface area (Å²) < 4.78 is 25.0. The molecule has 0 radical (unpaired) electrons. The number of alkyl halides is 2. The lowest BCUT2D eigenvalue weighted by Crippen LogP contribution is -2.31. The number of hydrogen-bond donors (Lipinski definition) is 1. The van der Waals surface area contributed by atoms with E-state index in [9.17, 15) is 13.6 Å². The Morgan fingerprint density at radius 2 is 2.45 bits per heavy atom. The highest BCUT2D eigenvalue weighted by Crippen LogP contribution is 2.27. The predicted octanol–water partition coefficient (Wildman–Crippen LogP) is 0.873. The van der Waals surface area contributed by atoms with Crippen LogP contribution in [0.2, 0.25) is 0 Å². The van der Waals surface area contributed by atoms with Gasteiger partial charge in [-0.3, -0.25) is 4.79 Å². The van der Waals surface area contributed by atoms with E-state index in [1.165, 1.54) is 11.8 Å². The topological polar surface area (TPSA) is 29.1 Å². The summed E-state index contributed by atoms with van der Waals surface area (Å²) in [6.07, 6.45) is 1.47. The molecule has 1 unspecified atom stereocenters. The summed E-state index contributed by atoms with van der Waals surface area (Å²) in [4.78, 5) is 10.5. The minimum absolute atomic E-state index is 0.354. The van der Waals surface area contributed by atoms with E-state index < -0.39 is 11.8 Å². The summed E-state index contributed by atoms with van der Waals surface area (Å²) in [5.74, 6) is -3.71. The minimum Gasteiger partial charge on any atom is -0.347 e. The van der Waals surface area contributed by atoms with Gasteiger partial charge in [0.15, 0.2) is 0 Å². The van der Waals surface area contributed by atoms with Crippen LogP contribution in [0.1, 0.15) is 6.42 Å². The van der Waals surface area contributed by atoms with Crippen LogP contribution >= 0.6 is 11.8 Å². The van der Waals surface area contributed by atoms with Gasteiger partial charge in [0.2, 0.25) is 0 Å². The van der Waals surface area contributed by atoms with Crippen LogP contribution in [-0.4, -0.2) is 29.9 Å². The van der Waals surface area contributed by atoms with Crippen LogP contribution in [0.3, 0.4) is 0 Å². The lowest BCUT2D eigenvalue weighted by atomic mass is 10.2. The molecule has 0 spiro atoms. The van der Waals surface area contributed by atoms with E-state index in [0.29, 0.717) is 5.75 Å². The highest BCUT2D eigenvalue weighted by atomic mass is 32.2. The van der Waals surface area contributed by atoms with Gasteiger partial charge in [-0.2, -0.15) is 20.5 Å². The first-order valence-electron chi connectivity index (χ1n) is 3.24. The molecule has 0 aromatic heterocycles. The average molecular weight is 181 g/mol. The van der Waals surface area contributed by atoms with Crippen molar-refractivity contribution in [2.75, 3.05) is 12.0 Å². The van der Waals surface area contributed by atoms with Crippen LogP contribution in [0.15, 0.2) is 0 Å². The maximum Gasteiger partial charge on any atom is 0.326 e. The monoisotopic (exact) mass is 181 g/mol. The summed E-state index contributed by atoms with van der Waals surface area (Å²) in [6.45, 7) is 0. The Bertz CT molecular complexity index is 174. The van der Waals surface area contributed by atoms with Gasteiger partial charge in [-0.05, 0) is 6.26 Å². The zero-order valence-corrected chi connectivity index (χ0v) is 6.88. The Balaban J connectivity index is 2.50. The number of halogens is 2. The molecule has 1 heterocycles. The number of carbonyl (C=O) groups excluding carboxylic acids is 1. The van der Waals surface area contributed by atoms with Crippen molar-refractivity contribution in [1.82, 2.24) is 5.32 Å². The van der Waals surface area contributed by atoms with E-state index in [4.69, 9.17) is 0 Å². The number of amides is 1. The van der Waals surface area contributed by atoms with Gasteiger partial charge < -0.3 is 5.32 Å². The maximum absolute atomic E-state index is 12.5. The molecule has 1 amide bonds. The number of rotatable bonds is 2. The molecule has 0 saturated carbocycles. The van der Waals surface area contributed by atoms with Crippen LogP contribution in [0, 0.1) is 0 Å². The van der Waals surface area contributed by atoms with Crippen LogP contribution in [0.25, 0.3) is 0 Å². The van der Waals surface area contributed by atoms with Crippen molar-refractivity contribution in [3.8, 4) is 0 Å². The summed E-state index contributed by atoms with van der Waals surface area (Å²) in [5, 5.41) is 2.24. The van der Waals surface area contributed by atoms with E-state index in [1.54, 1.807) is 0 Å². The summed E-state index contributed by atoms with van der Waals surface area (Å²) >= 11 is 1.45. The molecule has 5 heteroatoms. The number of hydrogen-bond acceptors (Lipinski definition) is 2. The Labute approximate surface area is 67.7 Å². The third-order valence-corrected chi connectivity index (χ3v) is 2.27. The van der Waals surface area contributed by atoms with Crippen molar-refractivity contribution < 1.29 is 13.6 Å². The van der Waals surface area contributed by atoms with Gasteiger partial charge in [0.05, 0.1) is 0 Å². The second-order valence-corrected chi connectivity index (χ2v) is 3.44. The average Bonchev–Trinajstić information content (AvgIpc) is 2.08. The normalized spacial score (nSPS) is 28.6. The molecular formula is C6H9F2NOS. The first-order chi connectivity index (χ1) is 5.06. The Hall–Kier alpha value is -0.320. The lowest BCUT2D eigenvalue weighted by Gasteiger charge is -2.05. The molecule has 1 aliphatic heterocycles. The molecule has 0 aliphatic carbocycles. The Morgan fingerprint density at radius 1 is 1.82 bits per heavy atom. The molecule has 11 heavy (non-hydrogen) atoms. The smallest absolute Gasteiger partial charge is 0.326 e. The highest BCUT2D eigenvalue weighted by Gasteiger charge is 2.47. The van der Waals surface area contributed by atoms with E-state index >= 15 is 0 Å². The molecule has 2 nitrogen and oxygen atoms in total. The van der Waals surface area contributed by atoms with Crippen molar-refractivity contribution in [3.05, 3.63) is 0 Å². The Morgan fingerprint density at radius 3 is 2.82 bits per heavy atom. The van der Waals surface area contributed by atoms with E-state index in [1.807, 2.05) is 6.26 Å². The van der Waals surface area contributed by atoms with Gasteiger partial charge in [-0.25, -0.2) is 0 Å². The molecule has 1 saturated heterocycles. The zero-order valence-electron chi connectivity index (χ0n) is 6.06. The first-order valence-corrected chi connectivity index (χ1v) is 4.63. The standard InChI is InChI=1S/C6H9F2NOS/c1-11-3-4-2-6(7,8)5(10)9-4/h4H,2-3H2,1H3,(H,9,10). The molecule has 1 fully saturated rings. The fraction of sp³-hybridized carbons (Fsp3) is 0.833. The first kappa shape index (κ1) is 8.77. The van der Waals surface area contributed by atoms with Crippen LogP contribution < -0.4 is 5.32 Å². The fourth-order valence-electron chi connectivity index (χ4n) is 1.05. The van der Waals surface area contributed by atoms with E-state index in [2.05, 4.69) is 5.32 Å². The molecule has 1 rings (SSSR count). The fourth-order valence-corrected chi connectivity index (χ4v) is 1.65. The van der Waals surface area contributed by atoms with Gasteiger partial charge in [-0.15, -0.1) is 0 Å². The second kappa shape index (κ2) is 2.97. The van der Waals surface area contributed by atoms with Gasteiger partial charge in [0.25, 0.3) is 5.91 Å². The van der Waals surface area contributed by atoms with Gasteiger partial charge in [-0.1, -0.05) is 0 Å². The van der Waals surface area contributed by atoms with Crippen molar-refractivity contribution in [2.24, 2.45) is 0 Å². The number of nitrogens with one attached hydrogen (secondary N) is 1. The molecular weight excluding hydrogens is 172 g/mol. The third-order valence-electron chi connectivity index (χ3n) is 1.54. The maximum atomic E-state index is 12.5.